The number of nitrogens with one attached hydrogen (secondary N) is 1. The molecule has 0 saturated heterocycles. The number of pyridine rings is 1. The number of benzene rings is 1. The van der Waals surface area contributed by atoms with Gasteiger partial charge < -0.3 is 10.2 Å². The second-order valence-electron chi connectivity index (χ2n) is 7.61. The van der Waals surface area contributed by atoms with Gasteiger partial charge >= 0.3 is 0 Å². The lowest BCUT2D eigenvalue weighted by Gasteiger charge is -2.35. The van der Waals surface area contributed by atoms with E-state index in [4.69, 9.17) is 4.84 Å². The number of oxime groups is 1. The van der Waals surface area contributed by atoms with Crippen molar-refractivity contribution in [3.05, 3.63) is 64.5 Å². The molecule has 8 nitrogen and oxygen atoms in total. The highest BCUT2D eigenvalue weighted by Crippen LogP contribution is 2.60. The lowest BCUT2D eigenvalue weighted by Crippen LogP contribution is -2.53. The first-order chi connectivity index (χ1) is 13.6. The Labute approximate surface area is 160 Å². The minimum Gasteiger partial charge on any atom is -0.378 e. The highest BCUT2D eigenvalue weighted by molar-refractivity contribution is 6.10. The zero-order chi connectivity index (χ0) is 19.3. The zero-order valence-electron chi connectivity index (χ0n) is 14.9. The summed E-state index contributed by atoms with van der Waals surface area (Å²) in [5.41, 5.74) is 0.895. The minimum atomic E-state index is -1.06. The number of rotatable bonds is 4. The Morgan fingerprint density at radius 1 is 1.29 bits per heavy atom. The van der Waals surface area contributed by atoms with Crippen LogP contribution >= 0.6 is 0 Å². The number of amides is 1. The van der Waals surface area contributed by atoms with Crippen LogP contribution in [-0.2, 0) is 9.63 Å². The minimum absolute atomic E-state index is 0.0700. The molecule has 0 spiro atoms. The molecule has 1 amide bonds. The lowest BCUT2D eigenvalue weighted by atomic mass is 9.72. The first kappa shape index (κ1) is 16.9. The van der Waals surface area contributed by atoms with Gasteiger partial charge in [0.15, 0.2) is 0 Å². The molecule has 5 rings (SSSR count). The number of nitrogens with zero attached hydrogens (tertiary/aromatic N) is 3. The van der Waals surface area contributed by atoms with Crippen LogP contribution in [0.25, 0.3) is 0 Å². The molecule has 2 heterocycles. The van der Waals surface area contributed by atoms with Crippen molar-refractivity contribution in [1.82, 2.24) is 4.98 Å². The smallest absolute Gasteiger partial charge is 0.272 e. The summed E-state index contributed by atoms with van der Waals surface area (Å²) in [6, 6.07) is 9.71. The van der Waals surface area contributed by atoms with E-state index in [0.717, 1.165) is 30.5 Å². The third-order valence-electron chi connectivity index (χ3n) is 6.23. The first-order valence-electron chi connectivity index (χ1n) is 9.32. The van der Waals surface area contributed by atoms with E-state index >= 15 is 0 Å². The van der Waals surface area contributed by atoms with E-state index in [0.29, 0.717) is 11.6 Å². The monoisotopic (exact) mass is 378 g/mol. The topological polar surface area (TPSA) is 107 Å². The summed E-state index contributed by atoms with van der Waals surface area (Å²) < 4.78 is 0. The number of nitro benzene ring substituents is 1. The molecule has 1 aromatic heterocycles. The molecule has 2 saturated carbocycles. The highest BCUT2D eigenvalue weighted by Gasteiger charge is 2.69. The Kier molecular flexibility index (Phi) is 3.68. The fourth-order valence-corrected chi connectivity index (χ4v) is 5.09. The summed E-state index contributed by atoms with van der Waals surface area (Å²) >= 11 is 0. The maximum Gasteiger partial charge on any atom is 0.272 e. The van der Waals surface area contributed by atoms with E-state index in [1.807, 2.05) is 12.1 Å². The summed E-state index contributed by atoms with van der Waals surface area (Å²) in [4.78, 5) is 34.0. The molecule has 2 aromatic rings. The summed E-state index contributed by atoms with van der Waals surface area (Å²) in [6.07, 6.45) is 6.32. The molecule has 8 heteroatoms. The number of hydrogen-bond donors (Lipinski definition) is 1. The average Bonchev–Trinajstić information content (AvgIpc) is 3.41. The number of hydrogen-bond acceptors (Lipinski definition) is 6. The van der Waals surface area contributed by atoms with Crippen LogP contribution in [0.1, 0.15) is 24.8 Å². The van der Waals surface area contributed by atoms with Gasteiger partial charge in [0.05, 0.1) is 16.6 Å². The van der Waals surface area contributed by atoms with Gasteiger partial charge in [0, 0.05) is 41.7 Å². The molecule has 2 fully saturated rings. The first-order valence-corrected chi connectivity index (χ1v) is 9.32. The van der Waals surface area contributed by atoms with Gasteiger partial charge in [0.2, 0.25) is 5.60 Å². The van der Waals surface area contributed by atoms with E-state index in [1.165, 1.54) is 12.1 Å². The summed E-state index contributed by atoms with van der Waals surface area (Å²) in [6.45, 7) is 0. The van der Waals surface area contributed by atoms with E-state index in [1.54, 1.807) is 24.5 Å². The molecule has 28 heavy (non-hydrogen) atoms. The van der Waals surface area contributed by atoms with Crippen molar-refractivity contribution >= 4 is 23.0 Å². The number of fused-ring (bicyclic) bond motifs is 5. The molecule has 0 radical (unpaired) electrons. The Hall–Kier alpha value is -3.29. The average molecular weight is 378 g/mol. The molecule has 3 aliphatic rings. The van der Waals surface area contributed by atoms with Crippen LogP contribution in [0, 0.1) is 27.9 Å². The third kappa shape index (κ3) is 2.33. The van der Waals surface area contributed by atoms with Gasteiger partial charge in [0.25, 0.3) is 11.6 Å². The fourth-order valence-electron chi connectivity index (χ4n) is 5.09. The maximum absolute atomic E-state index is 13.4. The molecular formula is C20H18N4O4. The zero-order valence-corrected chi connectivity index (χ0v) is 14.9. The van der Waals surface area contributed by atoms with Gasteiger partial charge in [-0.05, 0) is 43.4 Å². The van der Waals surface area contributed by atoms with E-state index in [-0.39, 0.29) is 23.4 Å². The number of nitro groups is 1. The van der Waals surface area contributed by atoms with Crippen molar-refractivity contribution in [3.8, 4) is 0 Å². The second kappa shape index (κ2) is 6.12. The standard InChI is InChI=1S/C20H18N4O4/c25-19(22-15-4-1-5-16(10-15)24(26)27)20-14-7-6-12(9-14)17(20)18(23-28-20)13-3-2-8-21-11-13/h1-5,8,10-12,14,17H,6-7,9H2,(H,22,25). The van der Waals surface area contributed by atoms with Gasteiger partial charge in [-0.2, -0.15) is 0 Å². The lowest BCUT2D eigenvalue weighted by molar-refractivity contribution is -0.384. The maximum atomic E-state index is 13.4. The molecule has 1 aromatic carbocycles. The van der Waals surface area contributed by atoms with Crippen LogP contribution in [0.15, 0.2) is 53.9 Å². The molecular weight excluding hydrogens is 360 g/mol. The van der Waals surface area contributed by atoms with Crippen molar-refractivity contribution in [3.63, 3.8) is 0 Å². The van der Waals surface area contributed by atoms with Crippen molar-refractivity contribution in [1.29, 1.82) is 0 Å². The molecule has 4 atom stereocenters. The van der Waals surface area contributed by atoms with Crippen LogP contribution in [-0.4, -0.2) is 27.1 Å². The Morgan fingerprint density at radius 2 is 2.18 bits per heavy atom. The molecule has 2 bridgehead atoms. The van der Waals surface area contributed by atoms with E-state index in [9.17, 15) is 14.9 Å². The number of anilines is 1. The van der Waals surface area contributed by atoms with Gasteiger partial charge in [-0.15, -0.1) is 0 Å². The quantitative estimate of drug-likeness (QED) is 0.650. The predicted molar refractivity (Wildman–Crippen MR) is 101 cm³/mol. The van der Waals surface area contributed by atoms with Crippen LogP contribution in [0.5, 0.6) is 0 Å². The molecule has 4 unspecified atom stereocenters. The van der Waals surface area contributed by atoms with Crippen LogP contribution in [0.2, 0.25) is 0 Å². The van der Waals surface area contributed by atoms with Gasteiger partial charge in [-0.3, -0.25) is 19.9 Å². The highest BCUT2D eigenvalue weighted by atomic mass is 16.7. The van der Waals surface area contributed by atoms with Gasteiger partial charge in [-0.1, -0.05) is 11.2 Å². The van der Waals surface area contributed by atoms with Crippen LogP contribution < -0.4 is 5.32 Å². The number of aromatic nitrogens is 1. The largest absolute Gasteiger partial charge is 0.378 e. The Bertz CT molecular complexity index is 993. The molecule has 1 aliphatic heterocycles. The van der Waals surface area contributed by atoms with Gasteiger partial charge in [-0.25, -0.2) is 0 Å². The third-order valence-corrected chi connectivity index (χ3v) is 6.23. The van der Waals surface area contributed by atoms with E-state index in [2.05, 4.69) is 15.5 Å². The predicted octanol–water partition coefficient (Wildman–Crippen LogP) is 3.15. The normalized spacial score (nSPS) is 29.7. The van der Waals surface area contributed by atoms with E-state index < -0.39 is 10.5 Å². The van der Waals surface area contributed by atoms with Crippen LogP contribution in [0.4, 0.5) is 11.4 Å². The van der Waals surface area contributed by atoms with Crippen molar-refractivity contribution in [2.24, 2.45) is 22.9 Å². The van der Waals surface area contributed by atoms with Crippen molar-refractivity contribution in [2.45, 2.75) is 24.9 Å². The van der Waals surface area contributed by atoms with Crippen molar-refractivity contribution in [2.75, 3.05) is 5.32 Å². The van der Waals surface area contributed by atoms with Gasteiger partial charge in [0.1, 0.15) is 0 Å². The molecule has 2 aliphatic carbocycles. The Morgan fingerprint density at radius 3 is 2.96 bits per heavy atom. The number of non-ortho nitro benzene ring substituents is 1. The number of carbonyl (C=O) groups excluding carboxylic acids is 1. The summed E-state index contributed by atoms with van der Waals surface area (Å²) in [5, 5.41) is 18.2. The molecule has 1 N–H and O–H groups in total. The SMILES string of the molecule is O=C(Nc1cccc([N+](=O)[O-])c1)C12ON=C(c3cccnc3)C1C1CCC2C1. The summed E-state index contributed by atoms with van der Waals surface area (Å²) in [7, 11) is 0. The molecule has 142 valence electrons. The number of carbonyl (C=O) groups is 1. The fraction of sp³-hybridized carbons (Fsp3) is 0.350. The van der Waals surface area contributed by atoms with Crippen molar-refractivity contribution < 1.29 is 14.6 Å². The second-order valence-corrected chi connectivity index (χ2v) is 7.61. The Balaban J connectivity index is 1.47. The van der Waals surface area contributed by atoms with Crippen LogP contribution in [0.3, 0.4) is 0 Å². The summed E-state index contributed by atoms with van der Waals surface area (Å²) in [5.74, 6) is 0.00317.